The average Bonchev–Trinajstić information content (AvgIpc) is 2.51. The first-order valence-corrected chi connectivity index (χ1v) is 7.73. The van der Waals surface area contributed by atoms with E-state index in [1.807, 2.05) is 6.07 Å². The minimum absolute atomic E-state index is 0.115. The second-order valence-electron chi connectivity index (χ2n) is 6.57. The smallest absolute Gasteiger partial charge is 0.142 e. The number of nitrogens with two attached hydrogens (primary N) is 1. The Balaban J connectivity index is 0.000000300. The van der Waals surface area contributed by atoms with Crippen LogP contribution in [0, 0.1) is 10.8 Å². The van der Waals surface area contributed by atoms with Crippen molar-refractivity contribution >= 4 is 23.8 Å². The average molecular weight is 326 g/mol. The van der Waals surface area contributed by atoms with Crippen molar-refractivity contribution in [3.63, 3.8) is 0 Å². The number of benzene rings is 1. The van der Waals surface area contributed by atoms with Crippen LogP contribution in [0.25, 0.3) is 0 Å². The highest BCUT2D eigenvalue weighted by atomic mass is 16.3. The number of allylic oxidation sites excluding steroid dienone is 4. The molecule has 0 spiro atoms. The molecular formula is C19H26N4O. The SMILES string of the molecule is C=NCCc1cc(N)c(O)c(C(C)(C)C)c1.N=C1C=CC=CC1=N. The number of hydrogen-bond acceptors (Lipinski definition) is 5. The number of rotatable bonds is 3. The van der Waals surface area contributed by atoms with Crippen LogP contribution in [-0.2, 0) is 11.8 Å². The van der Waals surface area contributed by atoms with Crippen LogP contribution in [0.3, 0.4) is 0 Å². The molecule has 0 saturated carbocycles. The molecule has 24 heavy (non-hydrogen) atoms. The zero-order valence-electron chi connectivity index (χ0n) is 14.6. The minimum atomic E-state index is -0.115. The van der Waals surface area contributed by atoms with Gasteiger partial charge in [-0.25, -0.2) is 0 Å². The van der Waals surface area contributed by atoms with Gasteiger partial charge in [0.05, 0.1) is 17.1 Å². The summed E-state index contributed by atoms with van der Waals surface area (Å²) in [5.41, 5.74) is 8.66. The van der Waals surface area contributed by atoms with Crippen LogP contribution < -0.4 is 5.73 Å². The molecule has 1 aromatic rings. The maximum absolute atomic E-state index is 9.92. The van der Waals surface area contributed by atoms with Gasteiger partial charge >= 0.3 is 0 Å². The van der Waals surface area contributed by atoms with Crippen LogP contribution in [-0.4, -0.2) is 29.8 Å². The fourth-order valence-electron chi connectivity index (χ4n) is 2.13. The molecule has 0 aliphatic heterocycles. The van der Waals surface area contributed by atoms with Gasteiger partial charge in [0, 0.05) is 12.1 Å². The maximum atomic E-state index is 9.92. The second kappa shape index (κ2) is 8.24. The van der Waals surface area contributed by atoms with Crippen molar-refractivity contribution in [1.82, 2.24) is 0 Å². The Bertz CT molecular complexity index is 672. The van der Waals surface area contributed by atoms with Crippen LogP contribution >= 0.6 is 0 Å². The normalized spacial score (nSPS) is 13.5. The number of anilines is 1. The van der Waals surface area contributed by atoms with Gasteiger partial charge in [0.25, 0.3) is 0 Å². The predicted molar refractivity (Wildman–Crippen MR) is 103 cm³/mol. The summed E-state index contributed by atoms with van der Waals surface area (Å²) in [7, 11) is 0. The van der Waals surface area contributed by atoms with Gasteiger partial charge < -0.3 is 15.8 Å². The number of hydrogen-bond donors (Lipinski definition) is 4. The van der Waals surface area contributed by atoms with E-state index in [0.29, 0.717) is 12.2 Å². The molecule has 0 atom stereocenters. The van der Waals surface area contributed by atoms with Crippen molar-refractivity contribution < 1.29 is 5.11 Å². The topological polar surface area (TPSA) is 106 Å². The third-order valence-corrected chi connectivity index (χ3v) is 3.49. The molecular weight excluding hydrogens is 300 g/mol. The van der Waals surface area contributed by atoms with E-state index < -0.39 is 0 Å². The number of aliphatic imine (C=N–C) groups is 1. The largest absolute Gasteiger partial charge is 0.505 e. The van der Waals surface area contributed by atoms with Gasteiger partial charge in [0.1, 0.15) is 5.75 Å². The molecule has 0 fully saturated rings. The van der Waals surface area contributed by atoms with E-state index in [1.165, 1.54) is 0 Å². The first-order chi connectivity index (χ1) is 11.2. The molecule has 1 aliphatic rings. The van der Waals surface area contributed by atoms with Crippen LogP contribution in [0.1, 0.15) is 31.9 Å². The lowest BCUT2D eigenvalue weighted by Gasteiger charge is -2.22. The molecule has 0 bridgehead atoms. The van der Waals surface area contributed by atoms with E-state index in [1.54, 1.807) is 30.4 Å². The standard InChI is InChI=1S/C13H20N2O.C6H6N2/c1-13(2,3)10-7-9(5-6-15-4)8-11(14)12(10)16;7-5-3-1-2-4-6(5)8/h7-8,16H,4-6,14H2,1-3H3;1-4,7-8H. The monoisotopic (exact) mass is 326 g/mol. The fourth-order valence-corrected chi connectivity index (χ4v) is 2.13. The van der Waals surface area contributed by atoms with Crippen molar-refractivity contribution in [2.75, 3.05) is 12.3 Å². The molecule has 0 radical (unpaired) electrons. The summed E-state index contributed by atoms with van der Waals surface area (Å²) in [6, 6.07) is 3.80. The Morgan fingerprint density at radius 2 is 1.67 bits per heavy atom. The number of nitrogen functional groups attached to an aromatic ring is 1. The van der Waals surface area contributed by atoms with Crippen LogP contribution in [0.5, 0.6) is 5.75 Å². The van der Waals surface area contributed by atoms with E-state index in [2.05, 4.69) is 32.5 Å². The van der Waals surface area contributed by atoms with Gasteiger partial charge in [-0.15, -0.1) is 0 Å². The third-order valence-electron chi connectivity index (χ3n) is 3.49. The highest BCUT2D eigenvalue weighted by Crippen LogP contribution is 2.35. The Morgan fingerprint density at radius 1 is 1.12 bits per heavy atom. The molecule has 0 amide bonds. The van der Waals surface area contributed by atoms with Gasteiger partial charge in [-0.3, -0.25) is 10.8 Å². The summed E-state index contributed by atoms with van der Waals surface area (Å²) in [5, 5.41) is 24.0. The number of phenols is 1. The lowest BCUT2D eigenvalue weighted by Crippen LogP contribution is -2.13. The lowest BCUT2D eigenvalue weighted by atomic mass is 9.84. The van der Waals surface area contributed by atoms with Gasteiger partial charge in [0.2, 0.25) is 0 Å². The molecule has 1 aromatic carbocycles. The molecule has 0 aromatic heterocycles. The highest BCUT2D eigenvalue weighted by Gasteiger charge is 2.20. The highest BCUT2D eigenvalue weighted by molar-refractivity contribution is 6.48. The molecule has 0 saturated heterocycles. The number of nitrogens with one attached hydrogen (secondary N) is 2. The third kappa shape index (κ3) is 5.50. The van der Waals surface area contributed by atoms with Crippen LogP contribution in [0.15, 0.2) is 41.4 Å². The Hall–Kier alpha value is -2.69. The van der Waals surface area contributed by atoms with Gasteiger partial charge in [-0.05, 0) is 42.3 Å². The van der Waals surface area contributed by atoms with Crippen molar-refractivity contribution in [2.24, 2.45) is 4.99 Å². The molecule has 5 nitrogen and oxygen atoms in total. The van der Waals surface area contributed by atoms with Gasteiger partial charge in [-0.2, -0.15) is 0 Å². The van der Waals surface area contributed by atoms with Gasteiger partial charge in [-0.1, -0.05) is 39.0 Å². The number of nitrogens with zero attached hydrogens (tertiary/aromatic N) is 1. The summed E-state index contributed by atoms with van der Waals surface area (Å²) >= 11 is 0. The van der Waals surface area contributed by atoms with E-state index in [9.17, 15) is 5.11 Å². The Morgan fingerprint density at radius 3 is 2.08 bits per heavy atom. The number of aromatic hydroxyl groups is 1. The zero-order valence-corrected chi connectivity index (χ0v) is 14.6. The minimum Gasteiger partial charge on any atom is -0.505 e. The Labute approximate surface area is 143 Å². The van der Waals surface area contributed by atoms with Crippen molar-refractivity contribution in [3.05, 3.63) is 47.6 Å². The van der Waals surface area contributed by atoms with E-state index in [-0.39, 0.29) is 22.6 Å². The first kappa shape index (κ1) is 19.4. The van der Waals surface area contributed by atoms with Crippen LogP contribution in [0.2, 0.25) is 0 Å². The Kier molecular flexibility index (Phi) is 6.65. The van der Waals surface area contributed by atoms with Crippen molar-refractivity contribution in [2.45, 2.75) is 32.6 Å². The summed E-state index contributed by atoms with van der Waals surface area (Å²) in [6.45, 7) is 10.3. The van der Waals surface area contributed by atoms with Crippen molar-refractivity contribution in [1.29, 1.82) is 10.8 Å². The lowest BCUT2D eigenvalue weighted by molar-refractivity contribution is 0.449. The fraction of sp³-hybridized carbons (Fsp3) is 0.316. The molecule has 2 rings (SSSR count). The molecule has 0 unspecified atom stereocenters. The molecule has 0 heterocycles. The zero-order chi connectivity index (χ0) is 18.3. The summed E-state index contributed by atoms with van der Waals surface area (Å²) in [6.07, 6.45) is 7.50. The van der Waals surface area contributed by atoms with E-state index in [0.717, 1.165) is 17.5 Å². The number of phenolic OH excluding ortho intramolecular Hbond substituents is 1. The molecule has 5 N–H and O–H groups in total. The van der Waals surface area contributed by atoms with E-state index >= 15 is 0 Å². The van der Waals surface area contributed by atoms with Crippen molar-refractivity contribution in [3.8, 4) is 5.75 Å². The summed E-state index contributed by atoms with van der Waals surface area (Å²) in [4.78, 5) is 3.82. The first-order valence-electron chi connectivity index (χ1n) is 7.73. The maximum Gasteiger partial charge on any atom is 0.142 e. The quantitative estimate of drug-likeness (QED) is 0.294. The second-order valence-corrected chi connectivity index (χ2v) is 6.57. The van der Waals surface area contributed by atoms with E-state index in [4.69, 9.17) is 16.6 Å². The van der Waals surface area contributed by atoms with Gasteiger partial charge in [0.15, 0.2) is 0 Å². The molecule has 5 heteroatoms. The summed E-state index contributed by atoms with van der Waals surface area (Å²) < 4.78 is 0. The molecule has 1 aliphatic carbocycles. The summed E-state index contributed by atoms with van der Waals surface area (Å²) in [5.74, 6) is 0.197. The van der Waals surface area contributed by atoms with Crippen LogP contribution in [0.4, 0.5) is 5.69 Å². The molecule has 128 valence electrons. The predicted octanol–water partition coefficient (Wildman–Crippen LogP) is 3.67.